The third kappa shape index (κ3) is 8.93. The molecule has 20 heteroatoms. The first-order valence-electron chi connectivity index (χ1n) is 23.6. The van der Waals surface area contributed by atoms with Crippen LogP contribution in [-0.4, -0.2) is 140 Å². The predicted molar refractivity (Wildman–Crippen MR) is 250 cm³/mol. The second-order valence-electron chi connectivity index (χ2n) is 18.6. The summed E-state index contributed by atoms with van der Waals surface area (Å²) >= 11 is 0. The van der Waals surface area contributed by atoms with Gasteiger partial charge in [-0.1, -0.05) is 6.07 Å². The lowest BCUT2D eigenvalue weighted by Gasteiger charge is -2.50. The zero-order valence-corrected chi connectivity index (χ0v) is 38.2. The number of benzene rings is 1. The minimum absolute atomic E-state index is 0.0985. The molecule has 2 N–H and O–H groups in total. The number of nitrogens with one attached hydrogen (secondary N) is 2. The Labute approximate surface area is 396 Å². The number of nitrogens with zero attached hydrogens (tertiary/aromatic N) is 12. The fraction of sp³-hybridized carbons (Fsp3) is 0.429. The lowest BCUT2D eigenvalue weighted by atomic mass is 9.90. The van der Waals surface area contributed by atoms with Crippen LogP contribution in [0.25, 0.3) is 28.0 Å². The molecule has 3 unspecified atom stereocenters. The Morgan fingerprint density at radius 2 is 1.64 bits per heavy atom. The number of halogens is 2. The Kier molecular flexibility index (Phi) is 12.1. The highest BCUT2D eigenvalue weighted by molar-refractivity contribution is 6.01. The Morgan fingerprint density at radius 1 is 0.841 bits per heavy atom. The fourth-order valence-electron chi connectivity index (χ4n) is 10.8. The van der Waals surface area contributed by atoms with Gasteiger partial charge in [-0.2, -0.15) is 15.5 Å². The third-order valence-electron chi connectivity index (χ3n) is 14.5. The van der Waals surface area contributed by atoms with E-state index in [0.717, 1.165) is 87.0 Å². The number of piperazine rings is 2. The first-order valence-corrected chi connectivity index (χ1v) is 23.6. The van der Waals surface area contributed by atoms with Crippen molar-refractivity contribution in [1.29, 1.82) is 5.26 Å². The van der Waals surface area contributed by atoms with Crippen molar-refractivity contribution in [3.63, 3.8) is 0 Å². The van der Waals surface area contributed by atoms with E-state index < -0.39 is 23.6 Å². The predicted octanol–water partition coefficient (Wildman–Crippen LogP) is 4.82. The number of methoxy groups -OCH3 is 1. The van der Waals surface area contributed by atoms with Gasteiger partial charge in [0.05, 0.1) is 79.8 Å². The summed E-state index contributed by atoms with van der Waals surface area (Å²) in [6.07, 6.45) is 15.2. The van der Waals surface area contributed by atoms with Gasteiger partial charge in [0.2, 0.25) is 17.7 Å². The van der Waals surface area contributed by atoms with E-state index in [1.54, 1.807) is 17.8 Å². The van der Waals surface area contributed by atoms with Crippen LogP contribution in [0.4, 0.5) is 26.0 Å². The van der Waals surface area contributed by atoms with Gasteiger partial charge in [0.25, 0.3) is 0 Å². The van der Waals surface area contributed by atoms with Crippen molar-refractivity contribution in [2.24, 2.45) is 0 Å². The number of hydrogen-bond donors (Lipinski definition) is 2. The molecule has 6 aromatic rings. The van der Waals surface area contributed by atoms with Gasteiger partial charge >= 0.3 is 0 Å². The number of anilines is 3. The SMILES string of the molecule is COc1ccc(CN2C3COCC2CN(c2ccc(-c4nc(-c5cnn(C6CCC(N7CCN(c8cc(F)c(NC9CCC(=O)NC9=O)cc8F)CC7)CC6)c5)cn5ncc(C#N)c45)cn2)C3)cn1. The molecule has 18 nitrogen and oxygen atoms in total. The average Bonchev–Trinajstić information content (AvgIpc) is 4.04. The monoisotopic (exact) mass is 938 g/mol. The van der Waals surface area contributed by atoms with Gasteiger partial charge < -0.3 is 24.6 Å². The summed E-state index contributed by atoms with van der Waals surface area (Å²) in [4.78, 5) is 47.3. The molecular formula is C49H52F2N14O4. The molecule has 5 aromatic heterocycles. The summed E-state index contributed by atoms with van der Waals surface area (Å²) in [7, 11) is 1.62. The molecule has 1 aromatic carbocycles. The number of amides is 2. The van der Waals surface area contributed by atoms with Crippen LogP contribution in [0.2, 0.25) is 0 Å². The number of carbonyl (C=O) groups excluding carboxylic acids is 2. The molecule has 9 heterocycles. The topological polar surface area (TPSA) is 187 Å². The quantitative estimate of drug-likeness (QED) is 0.168. The van der Waals surface area contributed by atoms with E-state index in [4.69, 9.17) is 24.5 Å². The van der Waals surface area contributed by atoms with Crippen LogP contribution >= 0.6 is 0 Å². The number of carbonyl (C=O) groups is 2. The van der Waals surface area contributed by atoms with Crippen molar-refractivity contribution in [3.05, 3.63) is 96.3 Å². The van der Waals surface area contributed by atoms with Gasteiger partial charge in [-0.25, -0.2) is 28.2 Å². The Morgan fingerprint density at radius 3 is 2.35 bits per heavy atom. The molecular weight excluding hydrogens is 887 g/mol. The van der Waals surface area contributed by atoms with Crippen LogP contribution in [0.3, 0.4) is 0 Å². The molecule has 0 spiro atoms. The maximum absolute atomic E-state index is 15.4. The second kappa shape index (κ2) is 18.8. The first kappa shape index (κ1) is 44.4. The molecule has 5 aliphatic rings. The van der Waals surface area contributed by atoms with Gasteiger partial charge in [-0.15, -0.1) is 0 Å². The van der Waals surface area contributed by atoms with Crippen LogP contribution in [0, 0.1) is 23.0 Å². The van der Waals surface area contributed by atoms with Crippen molar-refractivity contribution in [2.75, 3.05) is 74.7 Å². The Balaban J connectivity index is 0.722. The van der Waals surface area contributed by atoms with Crippen LogP contribution in [0.1, 0.15) is 55.7 Å². The number of imide groups is 1. The highest BCUT2D eigenvalue weighted by Crippen LogP contribution is 2.36. The smallest absolute Gasteiger partial charge is 0.249 e. The highest BCUT2D eigenvalue weighted by atomic mass is 19.1. The molecule has 1 saturated carbocycles. The fourth-order valence-corrected chi connectivity index (χ4v) is 10.8. The maximum atomic E-state index is 15.4. The van der Waals surface area contributed by atoms with Crippen molar-refractivity contribution in [1.82, 2.24) is 49.5 Å². The number of morpholine rings is 1. The van der Waals surface area contributed by atoms with Crippen LogP contribution in [0.15, 0.2) is 73.6 Å². The molecule has 356 valence electrons. The molecule has 2 bridgehead atoms. The molecule has 4 saturated heterocycles. The van der Waals surface area contributed by atoms with E-state index in [1.165, 1.54) is 6.07 Å². The Bertz CT molecular complexity index is 2890. The van der Waals surface area contributed by atoms with Gasteiger partial charge in [0.1, 0.15) is 40.6 Å². The number of hydrogen-bond acceptors (Lipinski definition) is 15. The summed E-state index contributed by atoms with van der Waals surface area (Å²) < 4.78 is 45.6. The molecule has 2 amide bonds. The van der Waals surface area contributed by atoms with Crippen LogP contribution < -0.4 is 25.2 Å². The van der Waals surface area contributed by atoms with Crippen LogP contribution in [0.5, 0.6) is 5.88 Å². The van der Waals surface area contributed by atoms with Crippen molar-refractivity contribution >= 4 is 34.5 Å². The van der Waals surface area contributed by atoms with E-state index in [1.807, 2.05) is 58.8 Å². The minimum atomic E-state index is -0.806. The zero-order valence-electron chi connectivity index (χ0n) is 38.2. The molecule has 0 radical (unpaired) electrons. The lowest BCUT2D eigenvalue weighted by molar-refractivity contribution is -0.133. The third-order valence-corrected chi connectivity index (χ3v) is 14.5. The zero-order chi connectivity index (χ0) is 47.2. The molecule has 11 rings (SSSR count). The summed E-state index contributed by atoms with van der Waals surface area (Å²) in [5.41, 5.74) is 5.19. The number of ether oxygens (including phenoxy) is 2. The van der Waals surface area contributed by atoms with E-state index in [9.17, 15) is 14.9 Å². The largest absolute Gasteiger partial charge is 0.481 e. The normalized spacial score (nSPS) is 23.5. The average molecular weight is 939 g/mol. The lowest BCUT2D eigenvalue weighted by Crippen LogP contribution is -2.64. The first-order chi connectivity index (χ1) is 33.7. The molecule has 4 aliphatic heterocycles. The summed E-state index contributed by atoms with van der Waals surface area (Å²) in [5.74, 6) is -0.653. The number of aromatic nitrogens is 7. The number of nitriles is 1. The van der Waals surface area contributed by atoms with E-state index in [2.05, 4.69) is 47.6 Å². The van der Waals surface area contributed by atoms with Crippen molar-refractivity contribution < 1.29 is 27.8 Å². The number of piperidine rings is 1. The number of rotatable bonds is 11. The molecule has 5 fully saturated rings. The van der Waals surface area contributed by atoms with E-state index in [0.29, 0.717) is 60.7 Å². The maximum Gasteiger partial charge on any atom is 0.249 e. The van der Waals surface area contributed by atoms with Gasteiger partial charge in [0, 0.05) is 106 Å². The van der Waals surface area contributed by atoms with E-state index in [-0.39, 0.29) is 48.2 Å². The van der Waals surface area contributed by atoms with Crippen LogP contribution in [-0.2, 0) is 20.9 Å². The highest BCUT2D eigenvalue weighted by Gasteiger charge is 2.39. The number of fused-ring (bicyclic) bond motifs is 3. The van der Waals surface area contributed by atoms with Crippen molar-refractivity contribution in [2.45, 2.75) is 75.3 Å². The van der Waals surface area contributed by atoms with E-state index >= 15 is 8.78 Å². The van der Waals surface area contributed by atoms with Gasteiger partial charge in [0.15, 0.2) is 0 Å². The molecule has 69 heavy (non-hydrogen) atoms. The van der Waals surface area contributed by atoms with Crippen molar-refractivity contribution in [3.8, 4) is 34.5 Å². The summed E-state index contributed by atoms with van der Waals surface area (Å²) in [6, 6.07) is 12.8. The Hall–Kier alpha value is -7.08. The minimum Gasteiger partial charge on any atom is -0.481 e. The van der Waals surface area contributed by atoms with Gasteiger partial charge in [-0.3, -0.25) is 29.4 Å². The summed E-state index contributed by atoms with van der Waals surface area (Å²) in [5, 5.41) is 24.4. The second-order valence-corrected chi connectivity index (χ2v) is 18.6. The standard InChI is InChI=1S/C49H52F2N14O4/c1-68-46-11-2-30(19-54-46)23-63-36-25-62(26-37(63)29-69-28-36)44-9-3-31(20-53-44)47-48-32(18-52)21-56-65(48)27-42(58-47)33-22-55-64(24-33)35-6-4-34(5-7-35)60-12-14-61(15-13-60)43-17-38(50)41(16-39(43)51)57-40-8-10-45(66)59-49(40)67/h2-3,9,11,16-17,19-22,24,27,34-37,40,57H,4-8,10,12-15,23,25-26,28-29H2,1H3,(H,59,66,67). The summed E-state index contributed by atoms with van der Waals surface area (Å²) in [6.45, 7) is 6.18. The molecule has 1 aliphatic carbocycles. The van der Waals surface area contributed by atoms with Gasteiger partial charge in [-0.05, 0) is 49.8 Å². The molecule has 3 atom stereocenters. The number of pyridine rings is 2.